The maximum atomic E-state index is 14.5. The molecule has 3 rings (SSSR count). The topological polar surface area (TPSA) is 0 Å². The molecule has 0 bridgehead atoms. The molecular weight excluding hydrogens is 350 g/mol. The molecule has 2 aromatic carbocycles. The lowest BCUT2D eigenvalue weighted by atomic mass is 9.74. The van der Waals surface area contributed by atoms with E-state index >= 15 is 0 Å². The Bertz CT molecular complexity index is 823. The van der Waals surface area contributed by atoms with Crippen molar-refractivity contribution in [3.05, 3.63) is 70.3 Å². The molecule has 1 unspecified atom stereocenters. The van der Waals surface area contributed by atoms with Gasteiger partial charge >= 0.3 is 0 Å². The predicted molar refractivity (Wildman–Crippen MR) is 112 cm³/mol. The third-order valence-corrected chi connectivity index (χ3v) is 6.32. The van der Waals surface area contributed by atoms with E-state index in [1.54, 1.807) is 0 Å². The molecule has 0 heterocycles. The molecule has 1 aliphatic rings. The Balaban J connectivity index is 1.69. The zero-order valence-electron chi connectivity index (χ0n) is 17.2. The number of halogens is 2. The van der Waals surface area contributed by atoms with E-state index in [1.165, 1.54) is 44.2 Å². The molecule has 1 saturated carbocycles. The summed E-state index contributed by atoms with van der Waals surface area (Å²) in [7, 11) is 0. The smallest absolute Gasteiger partial charge is 0.142 e. The third-order valence-electron chi connectivity index (χ3n) is 6.32. The summed E-state index contributed by atoms with van der Waals surface area (Å²) < 4.78 is 29.0. The monoisotopic (exact) mass is 380 g/mol. The van der Waals surface area contributed by atoms with Gasteiger partial charge < -0.3 is 0 Å². The first-order chi connectivity index (χ1) is 13.5. The second-order valence-electron chi connectivity index (χ2n) is 8.42. The van der Waals surface area contributed by atoms with Crippen molar-refractivity contribution < 1.29 is 8.78 Å². The van der Waals surface area contributed by atoms with Crippen LogP contribution < -0.4 is 0 Å². The Hall–Kier alpha value is -2.14. The summed E-state index contributed by atoms with van der Waals surface area (Å²) >= 11 is 0. The minimum atomic E-state index is -0.559. The van der Waals surface area contributed by atoms with E-state index in [-0.39, 0.29) is 5.56 Å². The fraction of sp³-hybridized carbons (Fsp3) is 0.462. The first-order valence-electron chi connectivity index (χ1n) is 10.5. The SMILES string of the molecule is CCC1CCC(C(C)Cc2cc(F)c(C#Cc3ccc(C)cc3)c(F)c2)CC1. The Kier molecular flexibility index (Phi) is 6.89. The van der Waals surface area contributed by atoms with Crippen molar-refractivity contribution in [1.82, 2.24) is 0 Å². The molecular formula is C26H30F2. The molecule has 1 atom stereocenters. The van der Waals surface area contributed by atoms with E-state index in [0.717, 1.165) is 29.0 Å². The van der Waals surface area contributed by atoms with Gasteiger partial charge in [0.15, 0.2) is 0 Å². The van der Waals surface area contributed by atoms with Crippen molar-refractivity contribution >= 4 is 0 Å². The van der Waals surface area contributed by atoms with Gasteiger partial charge in [0.2, 0.25) is 0 Å². The molecule has 0 N–H and O–H groups in total. The highest BCUT2D eigenvalue weighted by Gasteiger charge is 2.25. The molecule has 2 aromatic rings. The minimum absolute atomic E-state index is 0.138. The van der Waals surface area contributed by atoms with E-state index in [0.29, 0.717) is 11.8 Å². The fourth-order valence-electron chi connectivity index (χ4n) is 4.34. The average Bonchev–Trinajstić information content (AvgIpc) is 2.68. The standard InChI is InChI=1S/C26H30F2/c1-4-20-9-12-23(13-10-20)19(3)15-22-16-25(27)24(26(28)17-22)14-11-21-7-5-18(2)6-8-21/h5-8,16-17,19-20,23H,4,9-10,12-13,15H2,1-3H3. The number of aryl methyl sites for hydroxylation is 1. The third kappa shape index (κ3) is 5.22. The second-order valence-corrected chi connectivity index (χ2v) is 8.42. The molecule has 1 aliphatic carbocycles. The molecule has 0 nitrogen and oxygen atoms in total. The van der Waals surface area contributed by atoms with E-state index in [1.807, 2.05) is 31.2 Å². The van der Waals surface area contributed by atoms with Gasteiger partial charge in [0, 0.05) is 5.56 Å². The van der Waals surface area contributed by atoms with Gasteiger partial charge in [0.1, 0.15) is 11.6 Å². The molecule has 1 fully saturated rings. The fourth-order valence-corrected chi connectivity index (χ4v) is 4.34. The van der Waals surface area contributed by atoms with Gasteiger partial charge in [0.25, 0.3) is 0 Å². The van der Waals surface area contributed by atoms with Crippen LogP contribution in [0.5, 0.6) is 0 Å². The zero-order valence-corrected chi connectivity index (χ0v) is 17.2. The second kappa shape index (κ2) is 9.37. The Morgan fingerprint density at radius 3 is 2.14 bits per heavy atom. The van der Waals surface area contributed by atoms with Crippen molar-refractivity contribution in [1.29, 1.82) is 0 Å². The largest absolute Gasteiger partial charge is 0.206 e. The molecule has 148 valence electrons. The van der Waals surface area contributed by atoms with Crippen molar-refractivity contribution in [3.63, 3.8) is 0 Å². The van der Waals surface area contributed by atoms with Gasteiger partial charge in [-0.15, -0.1) is 0 Å². The molecule has 0 radical (unpaired) electrons. The molecule has 0 saturated heterocycles. The summed E-state index contributed by atoms with van der Waals surface area (Å²) in [5, 5.41) is 0. The molecule has 2 heteroatoms. The van der Waals surface area contributed by atoms with Gasteiger partial charge in [-0.2, -0.15) is 0 Å². The maximum Gasteiger partial charge on any atom is 0.142 e. The van der Waals surface area contributed by atoms with Gasteiger partial charge in [-0.3, -0.25) is 0 Å². The Morgan fingerprint density at radius 1 is 0.964 bits per heavy atom. The van der Waals surface area contributed by atoms with E-state index in [4.69, 9.17) is 0 Å². The van der Waals surface area contributed by atoms with Gasteiger partial charge in [-0.25, -0.2) is 8.78 Å². The van der Waals surface area contributed by atoms with Crippen LogP contribution in [-0.4, -0.2) is 0 Å². The molecule has 28 heavy (non-hydrogen) atoms. The minimum Gasteiger partial charge on any atom is -0.206 e. The first kappa shape index (κ1) is 20.6. The van der Waals surface area contributed by atoms with Crippen molar-refractivity contribution in [3.8, 4) is 11.8 Å². The van der Waals surface area contributed by atoms with Crippen molar-refractivity contribution in [2.45, 2.75) is 59.3 Å². The predicted octanol–water partition coefficient (Wildman–Crippen LogP) is 7.07. The lowest BCUT2D eigenvalue weighted by Gasteiger charge is -2.32. The van der Waals surface area contributed by atoms with Crippen LogP contribution in [0.15, 0.2) is 36.4 Å². The number of hydrogen-bond donors (Lipinski definition) is 0. The zero-order chi connectivity index (χ0) is 20.1. The lowest BCUT2D eigenvalue weighted by molar-refractivity contribution is 0.210. The lowest BCUT2D eigenvalue weighted by Crippen LogP contribution is -2.21. The van der Waals surface area contributed by atoms with E-state index in [9.17, 15) is 8.78 Å². The van der Waals surface area contributed by atoms with Crippen LogP contribution in [-0.2, 0) is 6.42 Å². The van der Waals surface area contributed by atoms with Gasteiger partial charge in [-0.05, 0) is 73.8 Å². The van der Waals surface area contributed by atoms with E-state index in [2.05, 4.69) is 25.7 Å². The van der Waals surface area contributed by atoms with Crippen LogP contribution in [0.25, 0.3) is 0 Å². The molecule has 0 amide bonds. The molecule has 0 aromatic heterocycles. The van der Waals surface area contributed by atoms with Crippen LogP contribution in [0.1, 0.15) is 68.2 Å². The summed E-state index contributed by atoms with van der Waals surface area (Å²) in [4.78, 5) is 0. The summed E-state index contributed by atoms with van der Waals surface area (Å²) in [6, 6.07) is 10.5. The maximum absolute atomic E-state index is 14.5. The van der Waals surface area contributed by atoms with Crippen LogP contribution in [0.3, 0.4) is 0 Å². The average molecular weight is 381 g/mol. The van der Waals surface area contributed by atoms with Gasteiger partial charge in [-0.1, -0.05) is 62.6 Å². The molecule has 0 spiro atoms. The van der Waals surface area contributed by atoms with Crippen LogP contribution in [0.4, 0.5) is 8.78 Å². The summed E-state index contributed by atoms with van der Waals surface area (Å²) in [5.41, 5.74) is 2.48. The van der Waals surface area contributed by atoms with Crippen molar-refractivity contribution in [2.24, 2.45) is 17.8 Å². The van der Waals surface area contributed by atoms with Gasteiger partial charge in [0.05, 0.1) is 5.56 Å². The highest BCUT2D eigenvalue weighted by atomic mass is 19.1. The van der Waals surface area contributed by atoms with Crippen LogP contribution in [0.2, 0.25) is 0 Å². The highest BCUT2D eigenvalue weighted by molar-refractivity contribution is 5.45. The number of rotatable bonds is 4. The normalized spacial score (nSPS) is 20.3. The Morgan fingerprint density at radius 2 is 1.57 bits per heavy atom. The summed E-state index contributed by atoms with van der Waals surface area (Å²) in [5.74, 6) is 6.39. The molecule has 0 aliphatic heterocycles. The number of hydrogen-bond acceptors (Lipinski definition) is 0. The summed E-state index contributed by atoms with van der Waals surface area (Å²) in [6.45, 7) is 6.48. The van der Waals surface area contributed by atoms with E-state index < -0.39 is 11.6 Å². The van der Waals surface area contributed by atoms with Crippen molar-refractivity contribution in [2.75, 3.05) is 0 Å². The first-order valence-corrected chi connectivity index (χ1v) is 10.5. The highest BCUT2D eigenvalue weighted by Crippen LogP contribution is 2.36. The quantitative estimate of drug-likeness (QED) is 0.498. The number of benzene rings is 2. The van der Waals surface area contributed by atoms with Crippen LogP contribution >= 0.6 is 0 Å². The van der Waals surface area contributed by atoms with Crippen LogP contribution in [0, 0.1) is 48.2 Å². The Labute approximate surface area is 168 Å². The summed E-state index contributed by atoms with van der Waals surface area (Å²) in [6.07, 6.45) is 7.06.